The second-order valence-electron chi connectivity index (χ2n) is 6.89. The Bertz CT molecular complexity index is 733. The second kappa shape index (κ2) is 9.95. The van der Waals surface area contributed by atoms with Gasteiger partial charge in [0, 0.05) is 32.4 Å². The molecule has 1 saturated heterocycles. The molecule has 1 aromatic carbocycles. The quantitative estimate of drug-likeness (QED) is 0.582. The van der Waals surface area contributed by atoms with Crippen molar-refractivity contribution >= 4 is 11.8 Å². The predicted molar refractivity (Wildman–Crippen MR) is 113 cm³/mol. The van der Waals surface area contributed by atoms with E-state index in [1.807, 2.05) is 6.20 Å². The lowest BCUT2D eigenvalue weighted by Crippen LogP contribution is -2.37. The normalized spacial score (nSPS) is 14.4. The Hall–Kier alpha value is -2.56. The lowest BCUT2D eigenvalue weighted by Gasteiger charge is -2.16. The van der Waals surface area contributed by atoms with Crippen molar-refractivity contribution in [2.75, 3.05) is 24.5 Å². The number of aromatic nitrogens is 1. The molecular weight excluding hydrogens is 334 g/mol. The first-order valence-corrected chi connectivity index (χ1v) is 10.1. The van der Waals surface area contributed by atoms with Crippen LogP contribution in [0.4, 0.5) is 5.82 Å². The van der Waals surface area contributed by atoms with Gasteiger partial charge in [-0.15, -0.1) is 0 Å². The molecule has 2 N–H and O–H groups in total. The summed E-state index contributed by atoms with van der Waals surface area (Å²) in [5.74, 6) is 1.92. The van der Waals surface area contributed by atoms with E-state index >= 15 is 0 Å². The third kappa shape index (κ3) is 5.46. The van der Waals surface area contributed by atoms with Gasteiger partial charge in [-0.25, -0.2) is 9.98 Å². The summed E-state index contributed by atoms with van der Waals surface area (Å²) in [6, 6.07) is 12.8. The Balaban J connectivity index is 1.59. The van der Waals surface area contributed by atoms with E-state index in [0.717, 1.165) is 49.9 Å². The number of guanidine groups is 1. The predicted octanol–water partition coefficient (Wildman–Crippen LogP) is 3.50. The van der Waals surface area contributed by atoms with Gasteiger partial charge in [-0.1, -0.05) is 37.3 Å². The lowest BCUT2D eigenvalue weighted by molar-refractivity contribution is 0.808. The first-order chi connectivity index (χ1) is 13.3. The number of aliphatic imine (C=N–C) groups is 1. The van der Waals surface area contributed by atoms with Gasteiger partial charge in [0.25, 0.3) is 0 Å². The molecule has 2 aromatic rings. The van der Waals surface area contributed by atoms with Crippen LogP contribution in [-0.2, 0) is 19.5 Å². The summed E-state index contributed by atoms with van der Waals surface area (Å²) in [5.41, 5.74) is 3.83. The zero-order valence-electron chi connectivity index (χ0n) is 16.5. The van der Waals surface area contributed by atoms with E-state index in [2.05, 4.69) is 70.8 Å². The number of rotatable bonds is 7. The molecule has 1 aliphatic heterocycles. The molecule has 2 heterocycles. The van der Waals surface area contributed by atoms with Crippen LogP contribution < -0.4 is 15.5 Å². The van der Waals surface area contributed by atoms with Gasteiger partial charge in [0.05, 0.1) is 6.54 Å². The van der Waals surface area contributed by atoms with Crippen LogP contribution in [0, 0.1) is 0 Å². The van der Waals surface area contributed by atoms with Gasteiger partial charge >= 0.3 is 0 Å². The van der Waals surface area contributed by atoms with Gasteiger partial charge in [-0.2, -0.15) is 0 Å². The molecule has 1 aromatic heterocycles. The highest BCUT2D eigenvalue weighted by atomic mass is 15.2. The van der Waals surface area contributed by atoms with E-state index in [1.165, 1.54) is 24.0 Å². The maximum Gasteiger partial charge on any atom is 0.191 e. The van der Waals surface area contributed by atoms with Gasteiger partial charge in [0.2, 0.25) is 0 Å². The maximum absolute atomic E-state index is 4.72. The van der Waals surface area contributed by atoms with Crippen molar-refractivity contribution in [1.29, 1.82) is 0 Å². The number of hydrogen-bond donors (Lipinski definition) is 2. The van der Waals surface area contributed by atoms with Crippen LogP contribution in [0.15, 0.2) is 47.6 Å². The number of benzene rings is 1. The third-order valence-corrected chi connectivity index (χ3v) is 4.95. The summed E-state index contributed by atoms with van der Waals surface area (Å²) in [5, 5.41) is 6.78. The highest BCUT2D eigenvalue weighted by molar-refractivity contribution is 5.79. The fourth-order valence-electron chi connectivity index (χ4n) is 3.41. The SMILES string of the molecule is CCNC(=NCc1ccc(N2CCCC2)nc1)NCc1ccccc1CC. The molecule has 0 spiro atoms. The highest BCUT2D eigenvalue weighted by Gasteiger charge is 2.12. The van der Waals surface area contributed by atoms with Crippen LogP contribution in [0.2, 0.25) is 0 Å². The first kappa shape index (κ1) is 19.2. The molecule has 0 amide bonds. The standard InChI is InChI=1S/C22H31N5/c1-3-19-9-5-6-10-20(19)17-26-22(23-4-2)25-16-18-11-12-21(24-15-18)27-13-7-8-14-27/h5-6,9-12,15H,3-4,7-8,13-14,16-17H2,1-2H3,(H2,23,25,26). The van der Waals surface area contributed by atoms with Crippen LogP contribution in [0.1, 0.15) is 43.4 Å². The minimum absolute atomic E-state index is 0.623. The minimum Gasteiger partial charge on any atom is -0.357 e. The molecule has 27 heavy (non-hydrogen) atoms. The Morgan fingerprint density at radius 1 is 1.04 bits per heavy atom. The van der Waals surface area contributed by atoms with E-state index in [0.29, 0.717) is 6.54 Å². The smallest absolute Gasteiger partial charge is 0.191 e. The first-order valence-electron chi connectivity index (χ1n) is 10.1. The molecule has 5 nitrogen and oxygen atoms in total. The molecule has 1 aliphatic rings. The summed E-state index contributed by atoms with van der Waals surface area (Å²) >= 11 is 0. The van der Waals surface area contributed by atoms with Crippen LogP contribution in [0.5, 0.6) is 0 Å². The van der Waals surface area contributed by atoms with E-state index in [-0.39, 0.29) is 0 Å². The van der Waals surface area contributed by atoms with E-state index in [4.69, 9.17) is 4.99 Å². The Labute approximate surface area is 162 Å². The van der Waals surface area contributed by atoms with Crippen LogP contribution in [-0.4, -0.2) is 30.6 Å². The van der Waals surface area contributed by atoms with Crippen molar-refractivity contribution in [2.45, 2.75) is 46.2 Å². The van der Waals surface area contributed by atoms with Crippen LogP contribution in [0.3, 0.4) is 0 Å². The molecule has 0 radical (unpaired) electrons. The van der Waals surface area contributed by atoms with Gasteiger partial charge in [-0.05, 0) is 48.9 Å². The number of nitrogens with zero attached hydrogens (tertiary/aromatic N) is 3. The summed E-state index contributed by atoms with van der Waals surface area (Å²) in [6.45, 7) is 8.77. The van der Waals surface area contributed by atoms with Crippen LogP contribution in [0.25, 0.3) is 0 Å². The molecule has 0 unspecified atom stereocenters. The molecule has 0 saturated carbocycles. The molecule has 3 rings (SSSR count). The molecule has 1 fully saturated rings. The van der Waals surface area contributed by atoms with E-state index < -0.39 is 0 Å². The zero-order chi connectivity index (χ0) is 18.9. The van der Waals surface area contributed by atoms with Crippen molar-refractivity contribution in [3.8, 4) is 0 Å². The van der Waals surface area contributed by atoms with Gasteiger partial charge < -0.3 is 15.5 Å². The Morgan fingerprint density at radius 2 is 1.81 bits per heavy atom. The third-order valence-electron chi connectivity index (χ3n) is 4.95. The number of anilines is 1. The zero-order valence-corrected chi connectivity index (χ0v) is 16.5. The molecule has 144 valence electrons. The number of aryl methyl sites for hydroxylation is 1. The molecular formula is C22H31N5. The topological polar surface area (TPSA) is 52.6 Å². The highest BCUT2D eigenvalue weighted by Crippen LogP contribution is 2.17. The minimum atomic E-state index is 0.623. The number of nitrogens with one attached hydrogen (secondary N) is 2. The average molecular weight is 366 g/mol. The Morgan fingerprint density at radius 3 is 2.48 bits per heavy atom. The van der Waals surface area contributed by atoms with E-state index in [9.17, 15) is 0 Å². The molecule has 0 atom stereocenters. The fourth-order valence-corrected chi connectivity index (χ4v) is 3.41. The summed E-state index contributed by atoms with van der Waals surface area (Å²) in [4.78, 5) is 11.7. The molecule has 0 bridgehead atoms. The number of hydrogen-bond acceptors (Lipinski definition) is 3. The van der Waals surface area contributed by atoms with Gasteiger partial charge in [0.15, 0.2) is 5.96 Å². The van der Waals surface area contributed by atoms with Crippen LogP contribution >= 0.6 is 0 Å². The van der Waals surface area contributed by atoms with Crippen molar-refractivity contribution in [3.63, 3.8) is 0 Å². The van der Waals surface area contributed by atoms with Crippen molar-refractivity contribution in [1.82, 2.24) is 15.6 Å². The van der Waals surface area contributed by atoms with Gasteiger partial charge in [-0.3, -0.25) is 0 Å². The van der Waals surface area contributed by atoms with Crippen molar-refractivity contribution < 1.29 is 0 Å². The van der Waals surface area contributed by atoms with Gasteiger partial charge in [0.1, 0.15) is 5.82 Å². The summed E-state index contributed by atoms with van der Waals surface area (Å²) in [6.07, 6.45) is 5.53. The average Bonchev–Trinajstić information content (AvgIpc) is 3.25. The van der Waals surface area contributed by atoms with Crippen molar-refractivity contribution in [3.05, 3.63) is 59.3 Å². The van der Waals surface area contributed by atoms with E-state index in [1.54, 1.807) is 0 Å². The summed E-state index contributed by atoms with van der Waals surface area (Å²) < 4.78 is 0. The lowest BCUT2D eigenvalue weighted by atomic mass is 10.1. The Kier molecular flexibility index (Phi) is 7.08. The molecule has 0 aliphatic carbocycles. The molecule has 5 heteroatoms. The van der Waals surface area contributed by atoms with Crippen molar-refractivity contribution in [2.24, 2.45) is 4.99 Å². The largest absolute Gasteiger partial charge is 0.357 e. The number of pyridine rings is 1. The fraction of sp³-hybridized carbons (Fsp3) is 0.455. The maximum atomic E-state index is 4.72. The summed E-state index contributed by atoms with van der Waals surface area (Å²) in [7, 11) is 0. The second-order valence-corrected chi connectivity index (χ2v) is 6.89. The monoisotopic (exact) mass is 365 g/mol.